The van der Waals surface area contributed by atoms with E-state index in [4.69, 9.17) is 176 Å². The van der Waals surface area contributed by atoms with E-state index in [0.29, 0.717) is 41.2 Å². The second kappa shape index (κ2) is 37.9. The Kier molecular flexibility index (Phi) is 27.7. The van der Waals surface area contributed by atoms with E-state index in [0.717, 1.165) is 15.6 Å². The molecule has 9 saturated heterocycles. The van der Waals surface area contributed by atoms with Crippen LogP contribution in [0.2, 0.25) is 0 Å². The summed E-state index contributed by atoms with van der Waals surface area (Å²) in [7, 11) is 0. The van der Waals surface area contributed by atoms with Gasteiger partial charge in [-0.15, -0.1) is 10.2 Å². The molecule has 31 atom stereocenters. The minimum absolute atomic E-state index is 0. The first kappa shape index (κ1) is 99.5. The van der Waals surface area contributed by atoms with Crippen molar-refractivity contribution in [2.45, 2.75) is 192 Å². The predicted octanol–water partition coefficient (Wildman–Crippen LogP) is 1.55. The predicted molar refractivity (Wildman–Crippen MR) is 472 cm³/mol. The molecule has 6 bridgehead atoms. The van der Waals surface area contributed by atoms with Crippen LogP contribution >= 0.6 is 52.6 Å². The van der Waals surface area contributed by atoms with Gasteiger partial charge in [-0.1, -0.05) is 30.1 Å². The molecule has 9 unspecified atom stereocenters. The smallest absolute Gasteiger partial charge is 0.369 e. The van der Waals surface area contributed by atoms with Crippen molar-refractivity contribution in [1.82, 2.24) is 98.2 Å². The van der Waals surface area contributed by atoms with Gasteiger partial charge in [0.15, 0.2) is 101 Å². The molecule has 12 aliphatic rings. The number of aliphatic imine (C=N–C) groups is 2. The summed E-state index contributed by atoms with van der Waals surface area (Å²) in [4.78, 5) is 135. The van der Waals surface area contributed by atoms with Crippen molar-refractivity contribution in [1.29, 1.82) is 0 Å². The highest BCUT2D eigenvalue weighted by Gasteiger charge is 2.65. The fourth-order valence-electron chi connectivity index (χ4n) is 16.2. The number of nitrogens with two attached hydrogens (primary N) is 6. The molecule has 9 fully saturated rings. The summed E-state index contributed by atoms with van der Waals surface area (Å²) in [6, 6.07) is -1.47. The monoisotopic (exact) mass is 2150 g/mol. The lowest BCUT2D eigenvalue weighted by atomic mass is 10.1. The van der Waals surface area contributed by atoms with Crippen molar-refractivity contribution in [2.75, 3.05) is 56.8 Å². The lowest BCUT2D eigenvalue weighted by Gasteiger charge is -2.28. The second-order valence-electron chi connectivity index (χ2n) is 31.3. The number of nitrogen functional groups attached to an aromatic ring is 3. The first-order chi connectivity index (χ1) is 63.9. The molecule has 21 rings (SSSR count). The normalized spacial score (nSPS) is 39.4. The van der Waals surface area contributed by atoms with Crippen molar-refractivity contribution in [3.63, 3.8) is 0 Å². The van der Waals surface area contributed by atoms with Crippen molar-refractivity contribution in [2.24, 2.45) is 32.3 Å². The molecule has 0 amide bonds. The van der Waals surface area contributed by atoms with E-state index < -0.39 is 243 Å². The molecule has 0 spiro atoms. The first-order valence-electron chi connectivity index (χ1n) is 39.7. The third-order valence-electron chi connectivity index (χ3n) is 22.4. The summed E-state index contributed by atoms with van der Waals surface area (Å²) >= 11 is 29.7. The second-order valence-corrected chi connectivity index (χ2v) is 48.1. The molecule has 740 valence electrons. The zero-order chi connectivity index (χ0) is 95.6. The third kappa shape index (κ3) is 19.4. The van der Waals surface area contributed by atoms with E-state index in [1.807, 2.05) is 0 Å². The van der Waals surface area contributed by atoms with Crippen molar-refractivity contribution >= 4 is 193 Å². The maximum absolute atomic E-state index is 16.0. The minimum atomic E-state index is -4.63. The van der Waals surface area contributed by atoms with Gasteiger partial charge in [0.25, 0.3) is 16.7 Å². The van der Waals surface area contributed by atoms with E-state index >= 15 is 26.3 Å². The standard InChI is InChI=1S/C21H26FN9O9P2S2.C20H23F3N10O9P2S2.C20H24F2N10O9P2S2.CH4/c22-14-13-6-36-41(33,43)39-11-3-10(9-4-25-17-8(23)1-2-27-31(9)17)37-12(11)5-35-42(34,44)40-16(14)20(38-13)30-7-26-15-18(30)28-21(24)29-19(15)32;21-9-7-3-37-44(36,46)42-13-8(40-18(20(13,22)23)33-14-10(30-31-33)6(24)1-2-26-14)4-38-43(35,45)41-12(9)17(39-7)32-5-27-11-15(32)28-19(25)29-16(11)34;21-9-7-3-36-42(34,44)40-13-8(39-18(10(13)22)31-5-26-11-6(23)1-2-25-15(11)31)4-37-43(35,45)41-14(9)19(38-7)32-16-12(29-30-32)17(33)28-20(24)27-16;/h2,4,7-8,10-14,16,20H,1,3,5-6,23H2,(H,33,43)(H,34,44)(H3,24,28,29,32);2,5-9,12-13,17-18H,1,3-4,24H2,(H,35,45)(H,36,46)(H3,25,28,29,34);2,5-10,13-14,18-19H,1,3-4,23H2,(H,34,44)(H,35,45)(H3,24,27,28,33);1H4/t8?,10-,11+,12-,13-,14-,16-,20-,41?,42?;6?,7-,8-,9-,12-,13-,17-,18-,43?,44?;6?,7-,8-,9-,10+,13-,14-,18-,19-,42?,43?;/m111./s1. The quantitative estimate of drug-likeness (QED) is 0.0638. The van der Waals surface area contributed by atoms with Crippen LogP contribution in [0.5, 0.6) is 0 Å². The van der Waals surface area contributed by atoms with E-state index in [2.05, 4.69) is 97.8 Å². The van der Waals surface area contributed by atoms with Crippen LogP contribution in [0.25, 0.3) is 33.5 Å². The SMILES string of the molecule is C.Nc1nc2c(ncn2[C@@H]2O[C@@H]3COP(O)(=S)O[C@@H]4[C@@H](COP(=O)(S)O[C@@H]2[C@@H]3F)O[C@@H](n2nnc3c2N=CCC3N)C4(F)F)c(=O)[nH]1.Nc1nc2c(ncn2[C@@H]2O[C@@H]3COP(O)(=S)O[C@H]4C[C@H](c5cnc6n5N=CCC6N)O[C@@H]4COP(O)(=S)O[C@@H]2[C@@H]3F)c(=O)[nH]1.Nc1nc2c(nnn2[C@@H]2O[C@@H]3COP(O)(=S)O[C@H]4[C@H](F)[C@H](n5cnc6c5N=CCC6N)O[C@@H]4COP(O)(=S)O[C@@H]2[C@@H]3F)c(=O)[nH]1. The lowest BCUT2D eigenvalue weighted by molar-refractivity contribution is -0.141. The Morgan fingerprint density at radius 3 is 1.52 bits per heavy atom. The number of nitrogens with one attached hydrogen (secondary N) is 3. The molecule has 74 heteroatoms. The van der Waals surface area contributed by atoms with Crippen molar-refractivity contribution in [3.05, 3.63) is 79.1 Å². The number of H-pyrrole nitrogens is 3. The van der Waals surface area contributed by atoms with Gasteiger partial charge in [-0.3, -0.25) is 70.2 Å². The Bertz CT molecular complexity index is 6730. The fraction of sp³-hybridized carbons (Fsp3) is 0.597. The van der Waals surface area contributed by atoms with Gasteiger partial charge in [-0.25, -0.2) is 56.7 Å². The molecule has 9 aromatic rings. The Morgan fingerprint density at radius 2 is 0.934 bits per heavy atom. The molecule has 0 saturated carbocycles. The average molecular weight is 2150 g/mol. The number of hydrogen-bond donors (Lipinski definition) is 15. The number of imidazole rings is 4. The maximum atomic E-state index is 16.0. The third-order valence-corrected chi connectivity index (χ3v) is 31.9. The average Bonchev–Trinajstić information content (AvgIpc) is 1.61. The van der Waals surface area contributed by atoms with Crippen LogP contribution in [0.1, 0.15) is 111 Å². The van der Waals surface area contributed by atoms with Gasteiger partial charge in [0, 0.05) is 44.3 Å². The van der Waals surface area contributed by atoms with Gasteiger partial charge in [0.05, 0.1) is 94.7 Å². The molecule has 0 aromatic carbocycles. The summed E-state index contributed by atoms with van der Waals surface area (Å²) in [5.74, 6) is -4.10. The number of nitrogens with zero attached hydrogens (tertiary/aromatic N) is 20. The summed E-state index contributed by atoms with van der Waals surface area (Å²) in [5, 5.41) is 19.5. The van der Waals surface area contributed by atoms with Crippen LogP contribution in [-0.4, -0.2) is 285 Å². The number of aromatic nitrogens is 20. The number of anilines is 3. The van der Waals surface area contributed by atoms with Crippen LogP contribution < -0.4 is 51.1 Å². The number of hydrogen-bond acceptors (Lipinski definition) is 47. The van der Waals surface area contributed by atoms with Crippen molar-refractivity contribution < 1.29 is 138 Å². The van der Waals surface area contributed by atoms with E-state index in [1.54, 1.807) is 23.3 Å². The zero-order valence-corrected chi connectivity index (χ0v) is 78.0. The number of alkyl halides is 6. The summed E-state index contributed by atoms with van der Waals surface area (Å²) < 4.78 is 217. The number of halogens is 6. The number of ether oxygens (including phenoxy) is 6. The molecular weight excluding hydrogens is 2080 g/mol. The maximum Gasteiger partial charge on any atom is 0.386 e. The molecule has 0 aliphatic carbocycles. The number of aromatic amines is 3. The molecule has 21 heterocycles. The van der Waals surface area contributed by atoms with Gasteiger partial charge in [0.1, 0.15) is 84.4 Å². The van der Waals surface area contributed by atoms with Gasteiger partial charge in [-0.05, 0) is 59.0 Å². The Morgan fingerprint density at radius 1 is 0.471 bits per heavy atom. The van der Waals surface area contributed by atoms with Crippen LogP contribution in [-0.2, 0) is 146 Å². The Hall–Kier alpha value is -6.68. The van der Waals surface area contributed by atoms with Gasteiger partial charge >= 0.3 is 46.3 Å². The summed E-state index contributed by atoms with van der Waals surface area (Å²) in [6.07, 6.45) is -24.4. The van der Waals surface area contributed by atoms with Crippen LogP contribution in [0, 0.1) is 0 Å². The highest BCUT2D eigenvalue weighted by molar-refractivity contribution is 8.44. The Labute approximate surface area is 785 Å². The first-order valence-corrected chi connectivity index (χ1v) is 55.3. The zero-order valence-electron chi connectivity index (χ0n) is 67.6. The molecule has 0 radical (unpaired) electrons. The largest absolute Gasteiger partial charge is 0.386 e. The van der Waals surface area contributed by atoms with Crippen LogP contribution in [0.3, 0.4) is 0 Å². The molecule has 9 aromatic heterocycles. The summed E-state index contributed by atoms with van der Waals surface area (Å²) in [5.41, 5.74) is 33.4. The van der Waals surface area contributed by atoms with E-state index in [-0.39, 0.29) is 95.2 Å². The van der Waals surface area contributed by atoms with E-state index in [9.17, 15) is 43.4 Å². The summed E-state index contributed by atoms with van der Waals surface area (Å²) in [6.45, 7) is -30.2. The number of fused-ring (bicyclic) bond motifs is 15. The van der Waals surface area contributed by atoms with Gasteiger partial charge < -0.3 is 114 Å². The molecule has 20 N–H and O–H groups in total. The lowest BCUT2D eigenvalue weighted by Crippen LogP contribution is -2.41. The number of thiol groups is 1. The van der Waals surface area contributed by atoms with E-state index in [1.165, 1.54) is 28.0 Å². The van der Waals surface area contributed by atoms with Gasteiger partial charge in [0.2, 0.25) is 24.1 Å². The highest BCUT2D eigenvalue weighted by Crippen LogP contribution is 2.63. The van der Waals surface area contributed by atoms with Crippen LogP contribution in [0.4, 0.5) is 55.8 Å². The minimum Gasteiger partial charge on any atom is -0.369 e. The topological polar surface area (TPSA) is 748 Å². The molecule has 56 nitrogen and oxygen atoms in total. The highest BCUT2D eigenvalue weighted by atomic mass is 32.7. The molecule has 136 heavy (non-hydrogen) atoms. The van der Waals surface area contributed by atoms with Crippen molar-refractivity contribution in [3.8, 4) is 0 Å². The number of rotatable bonds is 6. The molecule has 12 aliphatic heterocycles. The Balaban J connectivity index is 0.000000135. The fourth-order valence-corrected chi connectivity index (χ4v) is 24.8. The molecular formula is C62H77F6N29O27P6S6. The van der Waals surface area contributed by atoms with Crippen LogP contribution in [0.15, 0.2) is 54.6 Å². The van der Waals surface area contributed by atoms with Gasteiger partial charge in [-0.2, -0.15) is 38.2 Å².